The number of hydrogen-bond donors (Lipinski definition) is 1. The van der Waals surface area contributed by atoms with Crippen molar-refractivity contribution >= 4 is 0 Å². The Morgan fingerprint density at radius 1 is 0.857 bits per heavy atom. The zero-order chi connectivity index (χ0) is 15.3. The van der Waals surface area contributed by atoms with Gasteiger partial charge in [-0.25, -0.2) is 0 Å². The molecule has 0 saturated heterocycles. The number of alkyl halides is 3. The van der Waals surface area contributed by atoms with E-state index < -0.39 is 18.2 Å². The number of rotatable bonds is 5. The Morgan fingerprint density at radius 2 is 1.38 bits per heavy atom. The van der Waals surface area contributed by atoms with Gasteiger partial charge >= 0.3 is 6.18 Å². The van der Waals surface area contributed by atoms with E-state index in [-0.39, 0.29) is 12.8 Å². The molecule has 0 aromatic heterocycles. The maximum atomic E-state index is 13.2. The summed E-state index contributed by atoms with van der Waals surface area (Å²) in [7, 11) is 0. The van der Waals surface area contributed by atoms with Gasteiger partial charge in [-0.1, -0.05) is 60.7 Å². The van der Waals surface area contributed by atoms with Crippen LogP contribution in [0.2, 0.25) is 0 Å². The molecular weight excluding hydrogens is 277 g/mol. The van der Waals surface area contributed by atoms with Gasteiger partial charge < -0.3 is 5.11 Å². The minimum atomic E-state index is -4.33. The highest BCUT2D eigenvalue weighted by atomic mass is 19.4. The lowest BCUT2D eigenvalue weighted by Gasteiger charge is -2.23. The van der Waals surface area contributed by atoms with Gasteiger partial charge in [0.15, 0.2) is 0 Å². The maximum Gasteiger partial charge on any atom is 0.392 e. The molecule has 0 aliphatic carbocycles. The Kier molecular flexibility index (Phi) is 5.02. The van der Waals surface area contributed by atoms with E-state index in [2.05, 4.69) is 0 Å². The fraction of sp³-hybridized carbons (Fsp3) is 0.294. The van der Waals surface area contributed by atoms with Crippen LogP contribution in [0.1, 0.15) is 23.7 Å². The van der Waals surface area contributed by atoms with Crippen LogP contribution in [0.25, 0.3) is 0 Å². The molecule has 112 valence electrons. The van der Waals surface area contributed by atoms with E-state index in [1.165, 1.54) is 0 Å². The van der Waals surface area contributed by atoms with E-state index in [1.807, 2.05) is 0 Å². The predicted molar refractivity (Wildman–Crippen MR) is 75.7 cm³/mol. The third kappa shape index (κ3) is 4.60. The first-order valence-electron chi connectivity index (χ1n) is 6.80. The van der Waals surface area contributed by atoms with Crippen LogP contribution in [-0.2, 0) is 6.42 Å². The molecule has 21 heavy (non-hydrogen) atoms. The van der Waals surface area contributed by atoms with Crippen molar-refractivity contribution < 1.29 is 18.3 Å². The SMILES string of the molecule is OC(CC(Cc1ccccc1)C(F)(F)F)c1ccccc1. The quantitative estimate of drug-likeness (QED) is 0.859. The second-order valence-electron chi connectivity index (χ2n) is 5.09. The van der Waals surface area contributed by atoms with E-state index >= 15 is 0 Å². The van der Waals surface area contributed by atoms with Gasteiger partial charge in [0.2, 0.25) is 0 Å². The minimum Gasteiger partial charge on any atom is -0.388 e. The fourth-order valence-corrected chi connectivity index (χ4v) is 2.31. The van der Waals surface area contributed by atoms with Crippen LogP contribution in [0.3, 0.4) is 0 Å². The van der Waals surface area contributed by atoms with Crippen LogP contribution in [0.15, 0.2) is 60.7 Å². The second kappa shape index (κ2) is 6.76. The molecule has 0 heterocycles. The molecule has 2 unspecified atom stereocenters. The van der Waals surface area contributed by atoms with Gasteiger partial charge in [0, 0.05) is 0 Å². The van der Waals surface area contributed by atoms with Crippen LogP contribution >= 0.6 is 0 Å². The third-order valence-electron chi connectivity index (χ3n) is 3.48. The molecule has 2 aromatic carbocycles. The topological polar surface area (TPSA) is 20.2 Å². The Morgan fingerprint density at radius 3 is 1.90 bits per heavy atom. The van der Waals surface area contributed by atoms with Crippen LogP contribution in [-0.4, -0.2) is 11.3 Å². The lowest BCUT2D eigenvalue weighted by Crippen LogP contribution is -2.27. The molecule has 0 spiro atoms. The number of hydrogen-bond acceptors (Lipinski definition) is 1. The smallest absolute Gasteiger partial charge is 0.388 e. The van der Waals surface area contributed by atoms with Gasteiger partial charge in [0.1, 0.15) is 0 Å². The van der Waals surface area contributed by atoms with Gasteiger partial charge in [-0.3, -0.25) is 0 Å². The molecule has 2 atom stereocenters. The van der Waals surface area contributed by atoms with Crippen molar-refractivity contribution in [3.05, 3.63) is 71.8 Å². The molecule has 0 saturated carbocycles. The standard InChI is InChI=1S/C17H17F3O/c18-17(19,20)15(11-13-7-3-1-4-8-13)12-16(21)14-9-5-2-6-10-14/h1-10,15-16,21H,11-12H2. The highest BCUT2D eigenvalue weighted by Gasteiger charge is 2.40. The summed E-state index contributed by atoms with van der Waals surface area (Å²) in [4.78, 5) is 0. The van der Waals surface area contributed by atoms with E-state index in [4.69, 9.17) is 0 Å². The minimum absolute atomic E-state index is 0.117. The maximum absolute atomic E-state index is 13.2. The molecule has 0 bridgehead atoms. The first-order valence-corrected chi connectivity index (χ1v) is 6.80. The number of halogens is 3. The summed E-state index contributed by atoms with van der Waals surface area (Å²) in [6.07, 6.45) is -5.89. The first-order chi connectivity index (χ1) is 9.97. The Labute approximate surface area is 122 Å². The van der Waals surface area contributed by atoms with Gasteiger partial charge in [-0.2, -0.15) is 13.2 Å². The highest BCUT2D eigenvalue weighted by molar-refractivity contribution is 5.18. The van der Waals surface area contributed by atoms with Gasteiger partial charge in [0.25, 0.3) is 0 Å². The summed E-state index contributed by atoms with van der Waals surface area (Å²) >= 11 is 0. The van der Waals surface area contributed by atoms with Crippen molar-refractivity contribution in [3.63, 3.8) is 0 Å². The normalized spacial score (nSPS) is 14.7. The van der Waals surface area contributed by atoms with Crippen LogP contribution in [0, 0.1) is 5.92 Å². The molecule has 1 N–H and O–H groups in total. The number of benzene rings is 2. The monoisotopic (exact) mass is 294 g/mol. The van der Waals surface area contributed by atoms with Crippen molar-refractivity contribution in [3.8, 4) is 0 Å². The summed E-state index contributed by atoms with van der Waals surface area (Å²) < 4.78 is 39.5. The predicted octanol–water partition coefficient (Wildman–Crippen LogP) is 4.53. The molecule has 0 amide bonds. The molecule has 0 aliphatic heterocycles. The molecule has 0 fully saturated rings. The molecule has 2 rings (SSSR count). The van der Waals surface area contributed by atoms with Crippen molar-refractivity contribution in [1.82, 2.24) is 0 Å². The van der Waals surface area contributed by atoms with Crippen LogP contribution < -0.4 is 0 Å². The largest absolute Gasteiger partial charge is 0.392 e. The van der Waals surface area contributed by atoms with Crippen LogP contribution in [0.4, 0.5) is 13.2 Å². The van der Waals surface area contributed by atoms with E-state index in [0.717, 1.165) is 0 Å². The summed E-state index contributed by atoms with van der Waals surface area (Å²) in [5.41, 5.74) is 1.14. The second-order valence-corrected chi connectivity index (χ2v) is 5.09. The van der Waals surface area contributed by atoms with E-state index in [0.29, 0.717) is 11.1 Å². The fourth-order valence-electron chi connectivity index (χ4n) is 2.31. The lowest BCUT2D eigenvalue weighted by atomic mass is 9.91. The van der Waals surface area contributed by atoms with Gasteiger partial charge in [-0.05, 0) is 24.0 Å². The Hall–Kier alpha value is -1.81. The lowest BCUT2D eigenvalue weighted by molar-refractivity contribution is -0.181. The summed E-state index contributed by atoms with van der Waals surface area (Å²) in [5, 5.41) is 10.0. The zero-order valence-corrected chi connectivity index (χ0v) is 11.4. The van der Waals surface area contributed by atoms with Crippen LogP contribution in [0.5, 0.6) is 0 Å². The summed E-state index contributed by atoms with van der Waals surface area (Å²) in [5.74, 6) is -1.56. The van der Waals surface area contributed by atoms with Crippen molar-refractivity contribution in [2.24, 2.45) is 5.92 Å². The molecule has 1 nitrogen and oxygen atoms in total. The number of aliphatic hydroxyl groups is 1. The van der Waals surface area contributed by atoms with Crippen molar-refractivity contribution in [2.75, 3.05) is 0 Å². The van der Waals surface area contributed by atoms with E-state index in [1.54, 1.807) is 60.7 Å². The molecule has 2 aromatic rings. The first kappa shape index (κ1) is 15.6. The number of aliphatic hydroxyl groups excluding tert-OH is 1. The molecule has 0 aliphatic rings. The Bertz CT molecular complexity index is 537. The molecular formula is C17H17F3O. The molecule has 4 heteroatoms. The van der Waals surface area contributed by atoms with E-state index in [9.17, 15) is 18.3 Å². The average molecular weight is 294 g/mol. The summed E-state index contributed by atoms with van der Waals surface area (Å²) in [6.45, 7) is 0. The highest BCUT2D eigenvalue weighted by Crippen LogP contribution is 2.35. The van der Waals surface area contributed by atoms with Crippen molar-refractivity contribution in [2.45, 2.75) is 25.1 Å². The van der Waals surface area contributed by atoms with Gasteiger partial charge in [-0.15, -0.1) is 0 Å². The summed E-state index contributed by atoms with van der Waals surface area (Å²) in [6, 6.07) is 17.0. The molecule has 0 radical (unpaired) electrons. The Balaban J connectivity index is 2.10. The average Bonchev–Trinajstić information content (AvgIpc) is 2.47. The van der Waals surface area contributed by atoms with Gasteiger partial charge in [0.05, 0.1) is 12.0 Å². The van der Waals surface area contributed by atoms with Crippen molar-refractivity contribution in [1.29, 1.82) is 0 Å². The third-order valence-corrected chi connectivity index (χ3v) is 3.48. The zero-order valence-electron chi connectivity index (χ0n) is 11.4.